The number of anilines is 1. The second-order valence-electron chi connectivity index (χ2n) is 10.4. The van der Waals surface area contributed by atoms with E-state index in [9.17, 15) is 9.59 Å². The molecule has 5 heterocycles. The van der Waals surface area contributed by atoms with E-state index in [2.05, 4.69) is 20.5 Å². The number of likely N-dealkylation sites (tertiary alicyclic amines) is 1. The fourth-order valence-electron chi connectivity index (χ4n) is 6.45. The number of aromatic nitrogens is 4. The number of nitrogens with zero attached hydrogens (tertiary/aromatic N) is 5. The molecule has 0 aromatic carbocycles. The molecule has 1 saturated carbocycles. The third kappa shape index (κ3) is 4.00. The zero-order chi connectivity index (χ0) is 23.1. The van der Waals surface area contributed by atoms with Crippen LogP contribution in [0, 0.1) is 11.8 Å². The number of carbonyl (C=O) groups is 2. The first-order valence-corrected chi connectivity index (χ1v) is 12.8. The number of hydrogen-bond acceptors (Lipinski definition) is 6. The van der Waals surface area contributed by atoms with Crippen LogP contribution in [0.3, 0.4) is 0 Å². The lowest BCUT2D eigenvalue weighted by Crippen LogP contribution is -2.65. The molecule has 2 aromatic heterocycles. The summed E-state index contributed by atoms with van der Waals surface area (Å²) in [6, 6.07) is 4.19. The fourth-order valence-corrected chi connectivity index (χ4v) is 6.45. The van der Waals surface area contributed by atoms with Crippen molar-refractivity contribution in [2.24, 2.45) is 11.8 Å². The van der Waals surface area contributed by atoms with Crippen LogP contribution < -0.4 is 10.2 Å². The number of amides is 2. The van der Waals surface area contributed by atoms with Crippen molar-refractivity contribution in [2.75, 3.05) is 18.0 Å². The zero-order valence-electron chi connectivity index (χ0n) is 19.5. The van der Waals surface area contributed by atoms with Gasteiger partial charge in [0.05, 0.1) is 11.8 Å². The first-order valence-electron chi connectivity index (χ1n) is 12.8. The Morgan fingerprint density at radius 2 is 1.65 bits per heavy atom. The molecule has 2 aromatic rings. The van der Waals surface area contributed by atoms with Gasteiger partial charge in [0.25, 0.3) is 5.95 Å². The van der Waals surface area contributed by atoms with Gasteiger partial charge in [0.2, 0.25) is 11.8 Å². The van der Waals surface area contributed by atoms with Crippen LogP contribution in [-0.2, 0) is 16.1 Å². The van der Waals surface area contributed by atoms with Gasteiger partial charge in [-0.3, -0.25) is 24.6 Å². The summed E-state index contributed by atoms with van der Waals surface area (Å²) in [5, 5.41) is 11.2. The quantitative estimate of drug-likeness (QED) is 0.721. The molecular formula is C25H33N7O2. The van der Waals surface area contributed by atoms with E-state index >= 15 is 0 Å². The number of fused-ring (bicyclic) bond motifs is 2. The summed E-state index contributed by atoms with van der Waals surface area (Å²) in [6.07, 6.45) is 11.9. The summed E-state index contributed by atoms with van der Waals surface area (Å²) < 4.78 is 0. The van der Waals surface area contributed by atoms with E-state index in [-0.39, 0.29) is 35.7 Å². The molecular weight excluding hydrogens is 430 g/mol. The molecule has 9 nitrogen and oxygen atoms in total. The summed E-state index contributed by atoms with van der Waals surface area (Å²) >= 11 is 0. The fraction of sp³-hybridized carbons (Fsp3) is 0.640. The highest BCUT2D eigenvalue weighted by molar-refractivity contribution is 5.95. The van der Waals surface area contributed by atoms with Crippen LogP contribution in [0.1, 0.15) is 68.7 Å². The van der Waals surface area contributed by atoms with Gasteiger partial charge in [-0.25, -0.2) is 0 Å². The molecule has 3 aliphatic heterocycles. The van der Waals surface area contributed by atoms with E-state index in [1.807, 2.05) is 17.0 Å². The average molecular weight is 464 g/mol. The number of piperidine rings is 3. The van der Waals surface area contributed by atoms with Gasteiger partial charge in [0.1, 0.15) is 5.82 Å². The van der Waals surface area contributed by atoms with Gasteiger partial charge in [0.15, 0.2) is 0 Å². The number of aromatic amines is 1. The highest BCUT2D eigenvalue weighted by atomic mass is 16.2. The highest BCUT2D eigenvalue weighted by Gasteiger charge is 2.49. The Hall–Kier alpha value is -2.81. The number of rotatable bonds is 4. The van der Waals surface area contributed by atoms with Crippen molar-refractivity contribution in [2.45, 2.75) is 75.9 Å². The Bertz CT molecular complexity index is 1030. The van der Waals surface area contributed by atoms with E-state index in [1.165, 1.54) is 19.3 Å². The van der Waals surface area contributed by atoms with Crippen LogP contribution in [-0.4, -0.2) is 62.1 Å². The largest absolute Gasteiger partial charge is 0.338 e. The topological polar surface area (TPSA) is 107 Å². The van der Waals surface area contributed by atoms with Gasteiger partial charge in [-0.2, -0.15) is 4.98 Å². The third-order valence-corrected chi connectivity index (χ3v) is 8.34. The molecule has 2 N–H and O–H groups in total. The minimum absolute atomic E-state index is 0.0513. The molecule has 4 atom stereocenters. The van der Waals surface area contributed by atoms with E-state index in [0.29, 0.717) is 31.4 Å². The van der Waals surface area contributed by atoms with Crippen LogP contribution in [0.2, 0.25) is 0 Å². The van der Waals surface area contributed by atoms with Gasteiger partial charge >= 0.3 is 0 Å². The minimum atomic E-state index is -0.212. The number of carbonyl (C=O) groups excluding carboxylic acids is 2. The Morgan fingerprint density at radius 1 is 0.912 bits per heavy atom. The molecule has 180 valence electrons. The molecule has 4 unspecified atom stereocenters. The standard InChI is InChI=1S/C25H33N7O2/c33-23-18-14-19-21(27-20(18)8-12-31(23)15-16-6-10-26-11-7-16)9-13-32(24(19)34)25-28-22(29-30-25)17-4-2-1-3-5-17/h6-7,10-11,17-21,27H,1-5,8-9,12-15H2,(H,28,29,30). The third-order valence-electron chi connectivity index (χ3n) is 8.34. The van der Waals surface area contributed by atoms with Crippen molar-refractivity contribution in [3.63, 3.8) is 0 Å². The van der Waals surface area contributed by atoms with E-state index in [4.69, 9.17) is 4.98 Å². The molecule has 0 spiro atoms. The maximum atomic E-state index is 13.6. The van der Waals surface area contributed by atoms with E-state index in [1.54, 1.807) is 17.3 Å². The Kier molecular flexibility index (Phi) is 5.80. The van der Waals surface area contributed by atoms with Crippen molar-refractivity contribution in [1.29, 1.82) is 0 Å². The SMILES string of the molecule is O=C1C2CC3C(=O)N(c4n[nH]c(C5CCCCC5)n4)CCC3NC2CCN1Cc1ccncc1. The molecule has 2 amide bonds. The Balaban J connectivity index is 1.15. The molecule has 4 aliphatic rings. The lowest BCUT2D eigenvalue weighted by atomic mass is 9.73. The number of nitrogens with one attached hydrogen (secondary N) is 2. The van der Waals surface area contributed by atoms with Crippen molar-refractivity contribution in [1.82, 2.24) is 30.4 Å². The first-order chi connectivity index (χ1) is 16.7. The molecule has 3 saturated heterocycles. The minimum Gasteiger partial charge on any atom is -0.338 e. The van der Waals surface area contributed by atoms with Crippen molar-refractivity contribution in [3.05, 3.63) is 35.9 Å². The smallest absolute Gasteiger partial charge is 0.251 e. The maximum Gasteiger partial charge on any atom is 0.251 e. The number of hydrogen-bond donors (Lipinski definition) is 2. The first kappa shape index (κ1) is 21.7. The van der Waals surface area contributed by atoms with Crippen molar-refractivity contribution < 1.29 is 9.59 Å². The lowest BCUT2D eigenvalue weighted by molar-refractivity contribution is -0.144. The molecule has 0 bridgehead atoms. The van der Waals surface area contributed by atoms with Gasteiger partial charge in [0, 0.05) is 50.0 Å². The predicted molar refractivity (Wildman–Crippen MR) is 126 cm³/mol. The monoisotopic (exact) mass is 463 g/mol. The molecule has 0 radical (unpaired) electrons. The van der Waals surface area contributed by atoms with Gasteiger partial charge in [-0.15, -0.1) is 5.10 Å². The second-order valence-corrected chi connectivity index (χ2v) is 10.4. The van der Waals surface area contributed by atoms with Crippen LogP contribution in [0.5, 0.6) is 0 Å². The van der Waals surface area contributed by atoms with Crippen molar-refractivity contribution >= 4 is 17.8 Å². The normalized spacial score (nSPS) is 30.2. The Morgan fingerprint density at radius 3 is 2.44 bits per heavy atom. The van der Waals surface area contributed by atoms with E-state index < -0.39 is 0 Å². The van der Waals surface area contributed by atoms with Crippen LogP contribution >= 0.6 is 0 Å². The van der Waals surface area contributed by atoms with Crippen LogP contribution in [0.15, 0.2) is 24.5 Å². The lowest BCUT2D eigenvalue weighted by Gasteiger charge is -2.49. The summed E-state index contributed by atoms with van der Waals surface area (Å²) in [6.45, 7) is 1.96. The molecule has 4 fully saturated rings. The summed E-state index contributed by atoms with van der Waals surface area (Å²) in [7, 11) is 0. The Labute approximate surface area is 199 Å². The summed E-state index contributed by atoms with van der Waals surface area (Å²) in [5.41, 5.74) is 1.08. The summed E-state index contributed by atoms with van der Waals surface area (Å²) in [4.78, 5) is 39.4. The van der Waals surface area contributed by atoms with Crippen molar-refractivity contribution in [3.8, 4) is 0 Å². The van der Waals surface area contributed by atoms with Crippen LogP contribution in [0.4, 0.5) is 5.95 Å². The van der Waals surface area contributed by atoms with E-state index in [0.717, 1.165) is 43.6 Å². The second kappa shape index (κ2) is 9.09. The molecule has 1 aliphatic carbocycles. The maximum absolute atomic E-state index is 13.6. The highest BCUT2D eigenvalue weighted by Crippen LogP contribution is 2.37. The predicted octanol–water partition coefficient (Wildman–Crippen LogP) is 2.38. The average Bonchev–Trinajstić information content (AvgIpc) is 3.37. The van der Waals surface area contributed by atoms with Gasteiger partial charge < -0.3 is 10.2 Å². The number of pyridine rings is 1. The molecule has 9 heteroatoms. The van der Waals surface area contributed by atoms with Crippen LogP contribution in [0.25, 0.3) is 0 Å². The summed E-state index contributed by atoms with van der Waals surface area (Å²) in [5.74, 6) is 1.67. The van der Waals surface area contributed by atoms with Gasteiger partial charge in [-0.1, -0.05) is 19.3 Å². The van der Waals surface area contributed by atoms with Gasteiger partial charge in [-0.05, 0) is 49.8 Å². The number of H-pyrrole nitrogens is 1. The molecule has 6 rings (SSSR count). The molecule has 34 heavy (non-hydrogen) atoms. The zero-order valence-corrected chi connectivity index (χ0v) is 19.5.